The SMILES string of the molecule is C=CCC[C@@H]1[C@H]2C[C@H]2C[C@H]1OC(=O)N[C@H](C(=O)N1C[C@H](Oc2nc3cc(OC)ccc3nc2C(F)(F)C=C)[C@@H](C)[C@H]1C(=O)OCC(C)C)C(C)(C)C. The van der Waals surface area contributed by atoms with Crippen molar-refractivity contribution in [2.75, 3.05) is 20.3 Å². The second-order valence-corrected chi connectivity index (χ2v) is 15.8. The topological polar surface area (TPSA) is 129 Å². The Kier molecular flexibility index (Phi) is 11.5. The first-order chi connectivity index (χ1) is 24.5. The van der Waals surface area contributed by atoms with E-state index >= 15 is 8.78 Å². The first-order valence-corrected chi connectivity index (χ1v) is 18.1. The molecule has 52 heavy (non-hydrogen) atoms. The lowest BCUT2D eigenvalue weighted by Crippen LogP contribution is -2.57. The maximum Gasteiger partial charge on any atom is 0.408 e. The number of ether oxygens (including phenoxy) is 4. The Bertz CT molecular complexity index is 1680. The molecule has 0 bridgehead atoms. The molecule has 0 spiro atoms. The maximum atomic E-state index is 15.3. The van der Waals surface area contributed by atoms with Gasteiger partial charge in [0.15, 0.2) is 5.69 Å². The molecule has 284 valence electrons. The molecule has 1 aromatic heterocycles. The first kappa shape index (κ1) is 38.9. The van der Waals surface area contributed by atoms with E-state index < -0.39 is 65.0 Å². The van der Waals surface area contributed by atoms with Crippen LogP contribution in [0.5, 0.6) is 11.6 Å². The van der Waals surface area contributed by atoms with Gasteiger partial charge in [-0.15, -0.1) is 6.58 Å². The Balaban J connectivity index is 1.43. The van der Waals surface area contributed by atoms with Crippen molar-refractivity contribution in [3.05, 3.63) is 49.2 Å². The van der Waals surface area contributed by atoms with Crippen molar-refractivity contribution in [3.8, 4) is 11.6 Å². The van der Waals surface area contributed by atoms with Crippen LogP contribution in [0.1, 0.15) is 72.9 Å². The zero-order valence-corrected chi connectivity index (χ0v) is 31.2. The molecule has 1 aromatic carbocycles. The Labute approximate surface area is 304 Å². The van der Waals surface area contributed by atoms with Crippen LogP contribution in [-0.2, 0) is 25.0 Å². The normalized spacial score (nSPS) is 26.0. The van der Waals surface area contributed by atoms with Gasteiger partial charge in [0, 0.05) is 12.0 Å². The minimum atomic E-state index is -3.62. The average Bonchev–Trinajstić information content (AvgIpc) is 3.66. The summed E-state index contributed by atoms with van der Waals surface area (Å²) in [5.41, 5.74) is -1.15. The van der Waals surface area contributed by atoms with E-state index in [1.54, 1.807) is 39.8 Å². The molecule has 2 saturated carbocycles. The lowest BCUT2D eigenvalue weighted by molar-refractivity contribution is -0.156. The van der Waals surface area contributed by atoms with Crippen molar-refractivity contribution in [1.29, 1.82) is 0 Å². The van der Waals surface area contributed by atoms with Crippen molar-refractivity contribution in [2.45, 2.75) is 97.4 Å². The van der Waals surface area contributed by atoms with Crippen LogP contribution >= 0.6 is 0 Å². The summed E-state index contributed by atoms with van der Waals surface area (Å²) < 4.78 is 53.6. The van der Waals surface area contributed by atoms with E-state index in [-0.39, 0.29) is 42.1 Å². The fourth-order valence-corrected chi connectivity index (χ4v) is 7.46. The number of hydrogen-bond donors (Lipinski definition) is 1. The summed E-state index contributed by atoms with van der Waals surface area (Å²) in [7, 11) is 1.47. The highest BCUT2D eigenvalue weighted by molar-refractivity contribution is 5.91. The third-order valence-corrected chi connectivity index (χ3v) is 10.4. The van der Waals surface area contributed by atoms with Crippen LogP contribution < -0.4 is 14.8 Å². The number of hydrogen-bond acceptors (Lipinski definition) is 9. The summed E-state index contributed by atoms with van der Waals surface area (Å²) in [6, 6.07) is 2.37. The van der Waals surface area contributed by atoms with Crippen LogP contribution in [0, 0.1) is 35.0 Å². The molecular formula is C39H52F2N4O7. The number of carbonyl (C=O) groups is 3. The summed E-state index contributed by atoms with van der Waals surface area (Å²) in [5.74, 6) is -4.26. The Morgan fingerprint density at radius 3 is 2.46 bits per heavy atom. The molecule has 13 heteroatoms. The number of fused-ring (bicyclic) bond motifs is 2. The van der Waals surface area contributed by atoms with E-state index in [9.17, 15) is 14.4 Å². The van der Waals surface area contributed by atoms with Gasteiger partial charge in [-0.05, 0) is 73.0 Å². The number of nitrogens with zero attached hydrogens (tertiary/aromatic N) is 3. The largest absolute Gasteiger partial charge is 0.497 e. The van der Waals surface area contributed by atoms with Crippen molar-refractivity contribution in [1.82, 2.24) is 20.2 Å². The highest BCUT2D eigenvalue weighted by Crippen LogP contribution is 2.57. The van der Waals surface area contributed by atoms with Gasteiger partial charge in [-0.2, -0.15) is 8.78 Å². The number of aromatic nitrogens is 2. The van der Waals surface area contributed by atoms with E-state index in [0.29, 0.717) is 23.7 Å². The highest BCUT2D eigenvalue weighted by atomic mass is 19.3. The molecule has 5 rings (SSSR count). The predicted octanol–water partition coefficient (Wildman–Crippen LogP) is 6.84. The van der Waals surface area contributed by atoms with Gasteiger partial charge in [0.05, 0.1) is 31.3 Å². The number of benzene rings is 1. The van der Waals surface area contributed by atoms with Gasteiger partial charge in [0.2, 0.25) is 11.8 Å². The standard InChI is InChI=1S/C39H52F2N4O7/c1-10-12-13-25-26-16-23(26)17-29(25)52-37(48)44-33(38(6,7)8)35(46)45-19-30(22(5)31(45)36(47)50-20-21(3)4)51-34-32(39(40,41)11-2)42-27-15-14-24(49-9)18-28(27)43-34/h10-11,14-15,18,21-23,25-26,29-31,33H,1-2,12-13,16-17,19-20H2,3-9H3,(H,44,48)/t22-,23+,25-,26+,29-,30+,31+,33-/m1/s1. The summed E-state index contributed by atoms with van der Waals surface area (Å²) in [6.07, 6.45) is 4.01. The van der Waals surface area contributed by atoms with Crippen LogP contribution in [0.3, 0.4) is 0 Å². The van der Waals surface area contributed by atoms with Gasteiger partial charge in [0.1, 0.15) is 30.0 Å². The second kappa shape index (κ2) is 15.4. The van der Waals surface area contributed by atoms with Gasteiger partial charge in [-0.3, -0.25) is 4.79 Å². The molecular weight excluding hydrogens is 674 g/mol. The number of allylic oxidation sites excluding steroid dienone is 2. The number of halogens is 2. The Morgan fingerprint density at radius 1 is 1.10 bits per heavy atom. The third kappa shape index (κ3) is 8.33. The fraction of sp³-hybridized carbons (Fsp3) is 0.615. The van der Waals surface area contributed by atoms with Crippen LogP contribution in [0.2, 0.25) is 0 Å². The Morgan fingerprint density at radius 2 is 1.83 bits per heavy atom. The lowest BCUT2D eigenvalue weighted by Gasteiger charge is -2.35. The van der Waals surface area contributed by atoms with Crippen molar-refractivity contribution in [2.24, 2.45) is 35.0 Å². The summed E-state index contributed by atoms with van der Waals surface area (Å²) in [5, 5.41) is 2.81. The molecule has 2 heterocycles. The number of amides is 2. The van der Waals surface area contributed by atoms with Crippen molar-refractivity contribution >= 4 is 29.0 Å². The lowest BCUT2D eigenvalue weighted by atomic mass is 9.85. The monoisotopic (exact) mass is 726 g/mol. The summed E-state index contributed by atoms with van der Waals surface area (Å²) in [6.45, 7) is 17.9. The van der Waals surface area contributed by atoms with E-state index in [4.69, 9.17) is 18.9 Å². The quantitative estimate of drug-likeness (QED) is 0.164. The maximum absolute atomic E-state index is 15.3. The molecule has 2 aliphatic carbocycles. The molecule has 2 amide bonds. The van der Waals surface area contributed by atoms with Gasteiger partial charge in [-0.1, -0.05) is 54.2 Å². The minimum Gasteiger partial charge on any atom is -0.497 e. The summed E-state index contributed by atoms with van der Waals surface area (Å²) in [4.78, 5) is 51.6. The third-order valence-electron chi connectivity index (χ3n) is 10.4. The molecule has 0 unspecified atom stereocenters. The number of rotatable bonds is 14. The number of methoxy groups -OCH3 is 1. The molecule has 1 aliphatic heterocycles. The number of likely N-dealkylation sites (tertiary alicyclic amines) is 1. The number of alkyl halides is 2. The van der Waals surface area contributed by atoms with E-state index in [1.807, 2.05) is 19.9 Å². The molecule has 8 atom stereocenters. The van der Waals surface area contributed by atoms with Gasteiger partial charge < -0.3 is 29.2 Å². The first-order valence-electron chi connectivity index (χ1n) is 18.1. The summed E-state index contributed by atoms with van der Waals surface area (Å²) >= 11 is 0. The van der Waals surface area contributed by atoms with Gasteiger partial charge in [0.25, 0.3) is 0 Å². The number of esters is 1. The molecule has 1 N–H and O–H groups in total. The smallest absolute Gasteiger partial charge is 0.408 e. The second-order valence-electron chi connectivity index (χ2n) is 15.8. The van der Waals surface area contributed by atoms with Crippen molar-refractivity contribution < 1.29 is 42.1 Å². The zero-order chi connectivity index (χ0) is 38.1. The van der Waals surface area contributed by atoms with E-state index in [0.717, 1.165) is 25.7 Å². The number of carbonyl (C=O) groups excluding carboxylic acids is 3. The average molecular weight is 727 g/mol. The Hall–Kier alpha value is -4.29. The van der Waals surface area contributed by atoms with Crippen LogP contribution in [0.4, 0.5) is 13.6 Å². The highest BCUT2D eigenvalue weighted by Gasteiger charge is 2.55. The van der Waals surface area contributed by atoms with E-state index in [1.165, 1.54) is 18.1 Å². The van der Waals surface area contributed by atoms with E-state index in [2.05, 4.69) is 28.4 Å². The van der Waals surface area contributed by atoms with Crippen LogP contribution in [0.15, 0.2) is 43.5 Å². The van der Waals surface area contributed by atoms with Gasteiger partial charge in [-0.25, -0.2) is 19.6 Å². The molecule has 3 aliphatic rings. The fourth-order valence-electron chi connectivity index (χ4n) is 7.46. The zero-order valence-electron chi connectivity index (χ0n) is 31.2. The van der Waals surface area contributed by atoms with Crippen LogP contribution in [0.25, 0.3) is 11.0 Å². The molecule has 11 nitrogen and oxygen atoms in total. The van der Waals surface area contributed by atoms with Gasteiger partial charge >= 0.3 is 18.0 Å². The number of nitrogens with one attached hydrogen (secondary N) is 1. The predicted molar refractivity (Wildman–Crippen MR) is 191 cm³/mol. The molecule has 1 saturated heterocycles. The minimum absolute atomic E-state index is 0.0149. The molecule has 3 fully saturated rings. The van der Waals surface area contributed by atoms with Crippen LogP contribution in [-0.4, -0.2) is 77.4 Å². The molecule has 2 aromatic rings. The molecule has 0 radical (unpaired) electrons. The van der Waals surface area contributed by atoms with Crippen molar-refractivity contribution in [3.63, 3.8) is 0 Å². The number of alkyl carbamates (subject to hydrolysis) is 1.